The number of rotatable bonds is 2. The first-order valence-corrected chi connectivity index (χ1v) is 18.6. The van der Waals surface area contributed by atoms with Crippen LogP contribution in [0.4, 0.5) is 10.5 Å². The lowest BCUT2D eigenvalue weighted by Crippen LogP contribution is -2.60. The second-order valence-electron chi connectivity index (χ2n) is 13.9. The molecule has 2 bridgehead atoms. The SMILES string of the molecule is CN(C)C1CN(C(=O)O[C@H]2/C=C/COC(C)(C)C(=O)NS(=O)(=O)c3ccc4c(c3)N(CCCOc3cc(Cl)ccc3CO4)C[C@@H]3CC[C@H]32)C1. The Kier molecular flexibility index (Phi) is 10.4. The van der Waals surface area contributed by atoms with Gasteiger partial charge in [-0.05, 0) is 89.5 Å². The van der Waals surface area contributed by atoms with Crippen LogP contribution in [0.1, 0.15) is 38.7 Å². The number of hydrogen-bond donors (Lipinski definition) is 1. The number of likely N-dealkylation sites (N-methyl/N-ethyl adjacent to an activating group) is 1. The Hall–Kier alpha value is -3.52. The molecule has 0 aromatic heterocycles. The summed E-state index contributed by atoms with van der Waals surface area (Å²) in [4.78, 5) is 32.3. The molecule has 6 rings (SSSR count). The summed E-state index contributed by atoms with van der Waals surface area (Å²) in [5, 5.41) is 0.553. The maximum absolute atomic E-state index is 13.6. The molecular weight excluding hydrogens is 672 g/mol. The summed E-state index contributed by atoms with van der Waals surface area (Å²) in [6.45, 7) is 5.93. The van der Waals surface area contributed by atoms with Gasteiger partial charge in [-0.2, -0.15) is 0 Å². The molecule has 266 valence electrons. The van der Waals surface area contributed by atoms with Crippen molar-refractivity contribution < 1.29 is 37.0 Å². The third-order valence-corrected chi connectivity index (χ3v) is 11.5. The molecule has 14 heteroatoms. The molecule has 1 aliphatic carbocycles. The predicted molar refractivity (Wildman–Crippen MR) is 185 cm³/mol. The van der Waals surface area contributed by atoms with Gasteiger partial charge in [0.05, 0.1) is 23.8 Å². The van der Waals surface area contributed by atoms with Crippen molar-refractivity contribution in [3.63, 3.8) is 0 Å². The number of carbonyl (C=O) groups is 2. The molecule has 1 saturated carbocycles. The normalized spacial score (nSPS) is 26.2. The van der Waals surface area contributed by atoms with Gasteiger partial charge in [0, 0.05) is 48.7 Å². The van der Waals surface area contributed by atoms with Crippen LogP contribution in [0.15, 0.2) is 53.4 Å². The van der Waals surface area contributed by atoms with Gasteiger partial charge in [0.25, 0.3) is 15.9 Å². The van der Waals surface area contributed by atoms with Crippen LogP contribution >= 0.6 is 11.6 Å². The fourth-order valence-corrected chi connectivity index (χ4v) is 7.75. The third-order valence-electron chi connectivity index (χ3n) is 9.90. The van der Waals surface area contributed by atoms with Crippen molar-refractivity contribution in [2.24, 2.45) is 11.8 Å². The van der Waals surface area contributed by atoms with Gasteiger partial charge in [-0.25, -0.2) is 17.9 Å². The van der Waals surface area contributed by atoms with E-state index in [1.165, 1.54) is 19.9 Å². The molecule has 2 aromatic rings. The van der Waals surface area contributed by atoms with Crippen LogP contribution < -0.4 is 19.1 Å². The molecule has 49 heavy (non-hydrogen) atoms. The van der Waals surface area contributed by atoms with Crippen LogP contribution in [0.5, 0.6) is 11.5 Å². The second kappa shape index (κ2) is 14.4. The minimum Gasteiger partial charge on any atom is -0.493 e. The van der Waals surface area contributed by atoms with Gasteiger partial charge in [-0.1, -0.05) is 23.7 Å². The van der Waals surface area contributed by atoms with Gasteiger partial charge in [0.1, 0.15) is 29.8 Å². The number of benzene rings is 2. The van der Waals surface area contributed by atoms with Gasteiger partial charge in [-0.15, -0.1) is 0 Å². The van der Waals surface area contributed by atoms with Gasteiger partial charge >= 0.3 is 6.09 Å². The quantitative estimate of drug-likeness (QED) is 0.446. The molecule has 3 atom stereocenters. The predicted octanol–water partition coefficient (Wildman–Crippen LogP) is 4.46. The largest absolute Gasteiger partial charge is 0.493 e. The van der Waals surface area contributed by atoms with Crippen molar-refractivity contribution in [2.45, 2.75) is 62.4 Å². The molecule has 1 N–H and O–H groups in total. The molecule has 3 aliphatic heterocycles. The van der Waals surface area contributed by atoms with Crippen LogP contribution in [0.3, 0.4) is 0 Å². The zero-order valence-corrected chi connectivity index (χ0v) is 30.0. The average Bonchev–Trinajstić information content (AvgIpc) is 3.02. The highest BCUT2D eigenvalue weighted by atomic mass is 35.5. The van der Waals surface area contributed by atoms with E-state index in [-0.39, 0.29) is 36.0 Å². The van der Waals surface area contributed by atoms with Crippen molar-refractivity contribution in [3.05, 3.63) is 59.1 Å². The average molecular weight is 717 g/mol. The van der Waals surface area contributed by atoms with Crippen molar-refractivity contribution in [2.75, 3.05) is 58.4 Å². The number of ether oxygens (including phenoxy) is 4. The Morgan fingerprint density at radius 2 is 1.86 bits per heavy atom. The van der Waals surface area contributed by atoms with Gasteiger partial charge in [0.2, 0.25) is 0 Å². The highest BCUT2D eigenvalue weighted by Crippen LogP contribution is 2.42. The standard InChI is InChI=1S/C35H45ClN4O8S/c1-35(2)33(41)37-49(43,44)27-11-13-31-29(18-27)39(14-6-15-45-32-17-25(36)10-8-24(32)22-46-31)19-23-9-12-28(23)30(7-5-16-47-35)48-34(42)40-20-26(21-40)38(3)4/h5,7-8,10-11,13,17-18,23,26,28,30H,6,9,12,14-16,19-22H2,1-4H3,(H,37,41)/b7-5+/t23-,28+,30-/m0/s1. The fourth-order valence-electron chi connectivity index (χ4n) is 6.46. The van der Waals surface area contributed by atoms with Gasteiger partial charge in [0.15, 0.2) is 0 Å². The number of anilines is 1. The lowest BCUT2D eigenvalue weighted by molar-refractivity contribution is -0.139. The van der Waals surface area contributed by atoms with Crippen LogP contribution in [0.2, 0.25) is 5.02 Å². The van der Waals surface area contributed by atoms with Crippen molar-refractivity contribution in [3.8, 4) is 11.5 Å². The van der Waals surface area contributed by atoms with Crippen molar-refractivity contribution in [1.29, 1.82) is 0 Å². The van der Waals surface area contributed by atoms with Crippen LogP contribution in [0.25, 0.3) is 0 Å². The van der Waals surface area contributed by atoms with E-state index >= 15 is 0 Å². The summed E-state index contributed by atoms with van der Waals surface area (Å²) < 4.78 is 53.8. The van der Waals surface area contributed by atoms with Crippen LogP contribution in [0, 0.1) is 11.8 Å². The first-order chi connectivity index (χ1) is 23.3. The highest BCUT2D eigenvalue weighted by Gasteiger charge is 2.42. The van der Waals surface area contributed by atoms with E-state index in [2.05, 4.69) is 14.5 Å². The molecule has 2 amide bonds. The lowest BCUT2D eigenvalue weighted by atomic mass is 9.70. The minimum absolute atomic E-state index is 0.0208. The zero-order valence-electron chi connectivity index (χ0n) is 28.4. The first-order valence-electron chi connectivity index (χ1n) is 16.7. The summed E-state index contributed by atoms with van der Waals surface area (Å²) in [6, 6.07) is 10.3. The van der Waals surface area contributed by atoms with E-state index in [4.69, 9.17) is 30.5 Å². The van der Waals surface area contributed by atoms with E-state index in [9.17, 15) is 18.0 Å². The lowest BCUT2D eigenvalue weighted by Gasteiger charge is -2.45. The Morgan fingerprint density at radius 1 is 1.06 bits per heavy atom. The minimum atomic E-state index is -4.26. The Bertz CT molecular complexity index is 1690. The molecule has 12 nitrogen and oxygen atoms in total. The maximum atomic E-state index is 13.6. The maximum Gasteiger partial charge on any atom is 0.410 e. The molecule has 0 unspecified atom stereocenters. The summed E-state index contributed by atoms with van der Waals surface area (Å²) >= 11 is 6.26. The van der Waals surface area contributed by atoms with Gasteiger partial charge in [-0.3, -0.25) is 4.79 Å². The number of amides is 2. The molecule has 3 heterocycles. The number of halogens is 1. The fraction of sp³-hybridized carbons (Fsp3) is 0.543. The van der Waals surface area contributed by atoms with Crippen molar-refractivity contribution in [1.82, 2.24) is 14.5 Å². The number of fused-ring (bicyclic) bond motifs is 3. The number of nitrogens with zero attached hydrogens (tertiary/aromatic N) is 3. The Labute approximate surface area is 293 Å². The van der Waals surface area contributed by atoms with Crippen molar-refractivity contribution >= 4 is 39.3 Å². The van der Waals surface area contributed by atoms with E-state index in [1.54, 1.807) is 35.2 Å². The number of likely N-dealkylation sites (tertiary alicyclic amines) is 1. The van der Waals surface area contributed by atoms with E-state index in [0.29, 0.717) is 67.5 Å². The number of hydrogen-bond acceptors (Lipinski definition) is 10. The topological polar surface area (TPSA) is 127 Å². The molecule has 4 aliphatic rings. The number of carbonyl (C=O) groups excluding carboxylic acids is 2. The molecule has 1 saturated heterocycles. The highest BCUT2D eigenvalue weighted by molar-refractivity contribution is 7.90. The smallest absolute Gasteiger partial charge is 0.410 e. The summed E-state index contributed by atoms with van der Waals surface area (Å²) in [5.41, 5.74) is -0.0819. The summed E-state index contributed by atoms with van der Waals surface area (Å²) in [7, 11) is -0.266. The summed E-state index contributed by atoms with van der Waals surface area (Å²) in [6.07, 6.45) is 5.11. The third kappa shape index (κ3) is 7.95. The zero-order chi connectivity index (χ0) is 34.9. The van der Waals surface area contributed by atoms with Crippen LogP contribution in [-0.2, 0) is 30.9 Å². The monoisotopic (exact) mass is 716 g/mol. The molecule has 0 radical (unpaired) electrons. The number of nitrogens with one attached hydrogen (secondary N) is 1. The summed E-state index contributed by atoms with van der Waals surface area (Å²) in [5.74, 6) is 0.473. The first kappa shape index (κ1) is 35.3. The molecule has 0 spiro atoms. The molecular formula is C35H45ClN4O8S. The molecule has 2 fully saturated rings. The van der Waals surface area contributed by atoms with Gasteiger partial charge < -0.3 is 33.6 Å². The van der Waals surface area contributed by atoms with Crippen LogP contribution in [-0.4, -0.2) is 101 Å². The number of sulfonamides is 1. The van der Waals surface area contributed by atoms with E-state index in [1.807, 2.05) is 26.2 Å². The molecule has 2 aromatic carbocycles. The van der Waals surface area contributed by atoms with E-state index in [0.717, 1.165) is 18.4 Å². The Balaban J connectivity index is 1.34. The van der Waals surface area contributed by atoms with E-state index < -0.39 is 27.6 Å². The Morgan fingerprint density at radius 3 is 2.59 bits per heavy atom. The second-order valence-corrected chi connectivity index (χ2v) is 16.0.